The zero-order valence-corrected chi connectivity index (χ0v) is 45.1. The van der Waals surface area contributed by atoms with E-state index in [1.54, 1.807) is 0 Å². The second-order valence-corrected chi connectivity index (χ2v) is 20.9. The Kier molecular flexibility index (Phi) is 17.5. The summed E-state index contributed by atoms with van der Waals surface area (Å²) in [6.45, 7) is 25.3. The van der Waals surface area contributed by atoms with Crippen molar-refractivity contribution in [1.82, 2.24) is 0 Å². The molecule has 1 fully saturated rings. The number of carbonyl (C=O) groups is 2. The molecule has 0 spiro atoms. The van der Waals surface area contributed by atoms with Crippen molar-refractivity contribution in [3.63, 3.8) is 0 Å². The molecular formula is C64H80N4O4. The minimum Gasteiger partial charge on any atom is -0.392 e. The van der Waals surface area contributed by atoms with Crippen LogP contribution in [0, 0.1) is 67.2 Å². The van der Waals surface area contributed by atoms with Gasteiger partial charge in [0.25, 0.3) is 0 Å². The molecule has 6 aromatic carbocycles. The van der Waals surface area contributed by atoms with Crippen LogP contribution in [0.3, 0.4) is 0 Å². The molecule has 380 valence electrons. The van der Waals surface area contributed by atoms with Gasteiger partial charge < -0.3 is 30.6 Å². The molecule has 0 heterocycles. The molecule has 2 unspecified atom stereocenters. The number of carbonyl (C=O) groups excluding carboxylic acids is 2. The number of aliphatic hydroxyl groups excluding tert-OH is 2. The number of anilines is 8. The summed E-state index contributed by atoms with van der Waals surface area (Å²) in [5, 5.41) is 31.9. The molecule has 2 amide bonds. The largest absolute Gasteiger partial charge is 0.392 e. The molecule has 7 rings (SSSR count). The van der Waals surface area contributed by atoms with E-state index in [1.165, 1.54) is 22.3 Å². The number of nitrogens with zero attached hydrogens (tertiary/aromatic N) is 2. The van der Waals surface area contributed by atoms with Crippen LogP contribution in [0.2, 0.25) is 0 Å². The van der Waals surface area contributed by atoms with Gasteiger partial charge in [-0.15, -0.1) is 0 Å². The normalized spacial score (nSPS) is 17.2. The molecule has 0 radical (unpaired) electrons. The SMILES string of the molecule is CCCCC(CC)C(=O)Nc1cc(N(c2ccc(C)cc2C)c2ccc(C)cc2C)ccc1C1C(O)C(c2ccc(N(c3ccc(C)cc3C)c3ccc(C)cc3C)cc2NC(=O)C(CC)CCCC)C1O. The number of aryl methyl sites for hydroxylation is 8. The van der Waals surface area contributed by atoms with Gasteiger partial charge in [-0.1, -0.05) is 136 Å². The highest BCUT2D eigenvalue weighted by atomic mass is 16.3. The van der Waals surface area contributed by atoms with E-state index in [0.29, 0.717) is 35.3 Å². The van der Waals surface area contributed by atoms with Gasteiger partial charge in [0.1, 0.15) is 0 Å². The summed E-state index contributed by atoms with van der Waals surface area (Å²) >= 11 is 0. The van der Waals surface area contributed by atoms with Crippen molar-refractivity contribution < 1.29 is 19.8 Å². The van der Waals surface area contributed by atoms with E-state index in [-0.39, 0.29) is 23.7 Å². The molecule has 1 aliphatic rings. The van der Waals surface area contributed by atoms with Gasteiger partial charge in [0.15, 0.2) is 0 Å². The molecule has 0 aliphatic heterocycles. The van der Waals surface area contributed by atoms with Crippen molar-refractivity contribution in [1.29, 1.82) is 0 Å². The number of nitrogens with one attached hydrogen (secondary N) is 2. The summed E-state index contributed by atoms with van der Waals surface area (Å²) < 4.78 is 0. The third kappa shape index (κ3) is 11.5. The lowest BCUT2D eigenvalue weighted by molar-refractivity contribution is -0.121. The third-order valence-corrected chi connectivity index (χ3v) is 15.2. The number of rotatable bonds is 20. The highest BCUT2D eigenvalue weighted by Crippen LogP contribution is 2.53. The van der Waals surface area contributed by atoms with Crippen LogP contribution in [0.25, 0.3) is 0 Å². The summed E-state index contributed by atoms with van der Waals surface area (Å²) in [5.74, 6) is -1.99. The Labute approximate surface area is 430 Å². The lowest BCUT2D eigenvalue weighted by Gasteiger charge is -2.48. The maximum absolute atomic E-state index is 14.3. The number of benzene rings is 6. The van der Waals surface area contributed by atoms with Crippen molar-refractivity contribution in [3.05, 3.63) is 165 Å². The van der Waals surface area contributed by atoms with Crippen molar-refractivity contribution in [2.45, 2.75) is 158 Å². The van der Waals surface area contributed by atoms with Crippen LogP contribution in [0.1, 0.15) is 147 Å². The van der Waals surface area contributed by atoms with Gasteiger partial charge in [-0.3, -0.25) is 9.59 Å². The molecule has 0 bridgehead atoms. The van der Waals surface area contributed by atoms with Gasteiger partial charge >= 0.3 is 0 Å². The average Bonchev–Trinajstić information content (AvgIpc) is 3.33. The van der Waals surface area contributed by atoms with Gasteiger partial charge in [0.05, 0.1) is 12.2 Å². The first kappa shape index (κ1) is 53.6. The average molecular weight is 969 g/mol. The molecular weight excluding hydrogens is 889 g/mol. The highest BCUT2D eigenvalue weighted by molar-refractivity contribution is 5.96. The maximum Gasteiger partial charge on any atom is 0.227 e. The topological polar surface area (TPSA) is 105 Å². The Morgan fingerprint density at radius 3 is 1.03 bits per heavy atom. The van der Waals surface area contributed by atoms with Crippen LogP contribution >= 0.6 is 0 Å². The second-order valence-electron chi connectivity index (χ2n) is 20.9. The molecule has 4 N–H and O–H groups in total. The Morgan fingerprint density at radius 2 is 0.764 bits per heavy atom. The van der Waals surface area contributed by atoms with Gasteiger partial charge in [0, 0.05) is 69.2 Å². The minimum atomic E-state index is -1.04. The summed E-state index contributed by atoms with van der Waals surface area (Å²) in [6, 6.07) is 37.9. The Hall–Kier alpha value is -6.22. The van der Waals surface area contributed by atoms with Crippen molar-refractivity contribution in [2.24, 2.45) is 11.8 Å². The van der Waals surface area contributed by atoms with E-state index >= 15 is 0 Å². The van der Waals surface area contributed by atoms with Crippen LogP contribution in [-0.4, -0.2) is 34.2 Å². The first-order valence-corrected chi connectivity index (χ1v) is 26.6. The van der Waals surface area contributed by atoms with Crippen LogP contribution in [0.15, 0.2) is 109 Å². The van der Waals surface area contributed by atoms with E-state index in [4.69, 9.17) is 0 Å². The Morgan fingerprint density at radius 1 is 0.458 bits per heavy atom. The number of hydrogen-bond acceptors (Lipinski definition) is 6. The second kappa shape index (κ2) is 23.6. The number of hydrogen-bond donors (Lipinski definition) is 4. The van der Waals surface area contributed by atoms with E-state index in [0.717, 1.165) is 94.9 Å². The molecule has 0 aromatic heterocycles. The molecule has 2 atom stereocenters. The zero-order chi connectivity index (χ0) is 52.0. The van der Waals surface area contributed by atoms with E-state index in [9.17, 15) is 19.8 Å². The van der Waals surface area contributed by atoms with Crippen molar-refractivity contribution >= 4 is 57.3 Å². The van der Waals surface area contributed by atoms with Crippen LogP contribution in [0.4, 0.5) is 45.5 Å². The van der Waals surface area contributed by atoms with Gasteiger partial charge in [0.2, 0.25) is 11.8 Å². The summed E-state index contributed by atoms with van der Waals surface area (Å²) in [5.41, 5.74) is 17.3. The standard InChI is InChI=1S/C64H80N4O4/c1-13-17-19-47(15-3)63(71)65-53-37-49(67(55-29-21-39(5)33-43(55)9)56-30-22-40(6)34-44(56)10)25-27-51(53)59-61(69)60(62(59)70)52-28-26-50(38-54(52)66-64(72)48(16-4)20-18-14-2)68(57-31-23-41(7)35-45(57)11)58-32-24-42(8)36-46(58)12/h21-38,47-48,59-62,69-70H,13-20H2,1-12H3,(H,65,71)(H,66,72). The van der Waals surface area contributed by atoms with Crippen LogP contribution < -0.4 is 20.4 Å². The summed E-state index contributed by atoms with van der Waals surface area (Å²) in [7, 11) is 0. The fourth-order valence-electron chi connectivity index (χ4n) is 11.1. The first-order chi connectivity index (χ1) is 34.5. The van der Waals surface area contributed by atoms with Gasteiger partial charge in [-0.2, -0.15) is 0 Å². The lowest BCUT2D eigenvalue weighted by atomic mass is 9.62. The number of aliphatic hydroxyl groups is 2. The molecule has 1 aliphatic carbocycles. The number of amides is 2. The fourth-order valence-corrected chi connectivity index (χ4v) is 11.1. The summed E-state index contributed by atoms with van der Waals surface area (Å²) in [6.07, 6.45) is 4.71. The van der Waals surface area contributed by atoms with Gasteiger partial charge in [-0.25, -0.2) is 0 Å². The quantitative estimate of drug-likeness (QED) is 0.0607. The predicted molar refractivity (Wildman–Crippen MR) is 302 cm³/mol. The predicted octanol–water partition coefficient (Wildman–Crippen LogP) is 16.0. The molecule has 72 heavy (non-hydrogen) atoms. The number of unbranched alkanes of at least 4 members (excludes halogenated alkanes) is 2. The Bertz CT molecular complexity index is 2580. The van der Waals surface area contributed by atoms with Crippen LogP contribution in [0.5, 0.6) is 0 Å². The van der Waals surface area contributed by atoms with E-state index < -0.39 is 24.0 Å². The molecule has 8 nitrogen and oxygen atoms in total. The van der Waals surface area contributed by atoms with Crippen molar-refractivity contribution in [2.75, 3.05) is 20.4 Å². The Balaban J connectivity index is 1.35. The molecule has 6 aromatic rings. The smallest absolute Gasteiger partial charge is 0.227 e. The van der Waals surface area contributed by atoms with E-state index in [1.807, 2.05) is 36.4 Å². The molecule has 0 saturated heterocycles. The third-order valence-electron chi connectivity index (χ3n) is 15.2. The zero-order valence-electron chi connectivity index (χ0n) is 45.1. The van der Waals surface area contributed by atoms with Crippen molar-refractivity contribution in [3.8, 4) is 0 Å². The molecule has 8 heteroatoms. The van der Waals surface area contributed by atoms with E-state index in [2.05, 4.69) is 176 Å². The monoisotopic (exact) mass is 969 g/mol. The van der Waals surface area contributed by atoms with Gasteiger partial charge in [-0.05, 0) is 163 Å². The molecule has 1 saturated carbocycles. The highest BCUT2D eigenvalue weighted by Gasteiger charge is 2.52. The first-order valence-electron chi connectivity index (χ1n) is 26.6. The van der Waals surface area contributed by atoms with Crippen LogP contribution in [-0.2, 0) is 9.59 Å². The minimum absolute atomic E-state index is 0.0693. The lowest BCUT2D eigenvalue weighted by Crippen LogP contribution is -2.52. The maximum atomic E-state index is 14.3. The summed E-state index contributed by atoms with van der Waals surface area (Å²) in [4.78, 5) is 33.2. The fraction of sp³-hybridized carbons (Fsp3) is 0.406.